The van der Waals surface area contributed by atoms with Crippen LogP contribution < -0.4 is 0 Å². The molecule has 0 radical (unpaired) electrons. The van der Waals surface area contributed by atoms with Gasteiger partial charge in [-0.05, 0) is 44.4 Å². The Labute approximate surface area is 103 Å². The Kier molecular flexibility index (Phi) is 3.75. The molecule has 0 aromatic carbocycles. The predicted octanol–water partition coefficient (Wildman–Crippen LogP) is 2.72. The molecule has 2 unspecified atom stereocenters. The van der Waals surface area contributed by atoms with Crippen LogP contribution in [-0.4, -0.2) is 22.0 Å². The fraction of sp³-hybridized carbons (Fsp3) is 0.571. The lowest BCUT2D eigenvalue weighted by molar-refractivity contribution is 0.0952. The molecule has 3 nitrogen and oxygen atoms in total. The van der Waals surface area contributed by atoms with E-state index in [4.69, 9.17) is 5.26 Å². The number of hydrogen-bond donors (Lipinski definition) is 0. The molecular weight excluding hydrogens is 210 g/mol. The first-order chi connectivity index (χ1) is 8.20. The van der Waals surface area contributed by atoms with Crippen LogP contribution in [0.25, 0.3) is 0 Å². The molecule has 17 heavy (non-hydrogen) atoms. The lowest BCUT2D eigenvalue weighted by Gasteiger charge is -2.39. The van der Waals surface area contributed by atoms with Gasteiger partial charge in [-0.2, -0.15) is 5.26 Å². The van der Waals surface area contributed by atoms with E-state index in [9.17, 15) is 0 Å². The minimum atomic E-state index is 0.514. The van der Waals surface area contributed by atoms with Crippen LogP contribution in [0.15, 0.2) is 18.3 Å². The molecule has 2 heterocycles. The van der Waals surface area contributed by atoms with E-state index < -0.39 is 0 Å². The molecule has 90 valence electrons. The monoisotopic (exact) mass is 229 g/mol. The third-order valence-electron chi connectivity index (χ3n) is 3.68. The van der Waals surface area contributed by atoms with Crippen molar-refractivity contribution >= 4 is 0 Å². The molecule has 2 rings (SSSR count). The lowest BCUT2D eigenvalue weighted by atomic mass is 9.97. The largest absolute Gasteiger partial charge is 0.294 e. The van der Waals surface area contributed by atoms with Crippen LogP contribution in [0.3, 0.4) is 0 Å². The third kappa shape index (κ3) is 2.83. The van der Waals surface area contributed by atoms with E-state index in [0.717, 1.165) is 6.54 Å². The van der Waals surface area contributed by atoms with Crippen molar-refractivity contribution in [2.75, 3.05) is 0 Å². The number of hydrogen-bond acceptors (Lipinski definition) is 3. The Hall–Kier alpha value is -1.40. The molecular formula is C14H19N3. The van der Waals surface area contributed by atoms with Crippen molar-refractivity contribution in [3.8, 4) is 6.07 Å². The Morgan fingerprint density at radius 2 is 2.12 bits per heavy atom. The zero-order valence-corrected chi connectivity index (χ0v) is 10.6. The van der Waals surface area contributed by atoms with Crippen LogP contribution in [0.5, 0.6) is 0 Å². The molecule has 0 N–H and O–H groups in total. The van der Waals surface area contributed by atoms with Crippen molar-refractivity contribution < 1.29 is 0 Å². The molecule has 1 saturated heterocycles. The maximum atomic E-state index is 8.85. The molecule has 1 aliphatic rings. The molecule has 1 aromatic heterocycles. The van der Waals surface area contributed by atoms with Crippen molar-refractivity contribution in [3.63, 3.8) is 0 Å². The lowest BCUT2D eigenvalue weighted by Crippen LogP contribution is -2.42. The van der Waals surface area contributed by atoms with Crippen LogP contribution in [0, 0.1) is 11.3 Å². The van der Waals surface area contributed by atoms with Crippen molar-refractivity contribution in [1.29, 1.82) is 5.26 Å². The van der Waals surface area contributed by atoms with E-state index in [-0.39, 0.29) is 0 Å². The van der Waals surface area contributed by atoms with Gasteiger partial charge in [-0.25, -0.2) is 4.98 Å². The highest BCUT2D eigenvalue weighted by molar-refractivity contribution is 5.25. The number of nitriles is 1. The SMILES string of the molecule is CC1CCCC(C)N1Cc1ccnc(C#N)c1. The maximum Gasteiger partial charge on any atom is 0.140 e. The van der Waals surface area contributed by atoms with Crippen LogP contribution in [0.1, 0.15) is 44.4 Å². The van der Waals surface area contributed by atoms with E-state index in [1.807, 2.05) is 12.1 Å². The summed E-state index contributed by atoms with van der Waals surface area (Å²) in [5.74, 6) is 0. The van der Waals surface area contributed by atoms with Gasteiger partial charge >= 0.3 is 0 Å². The average Bonchev–Trinajstić information content (AvgIpc) is 2.34. The Bertz CT molecular complexity index is 412. The summed E-state index contributed by atoms with van der Waals surface area (Å²) in [6.07, 6.45) is 5.62. The van der Waals surface area contributed by atoms with Gasteiger partial charge in [-0.15, -0.1) is 0 Å². The van der Waals surface area contributed by atoms with Gasteiger partial charge in [0, 0.05) is 24.8 Å². The molecule has 0 amide bonds. The van der Waals surface area contributed by atoms with Gasteiger partial charge in [0.1, 0.15) is 11.8 Å². The number of pyridine rings is 1. The fourth-order valence-corrected chi connectivity index (χ4v) is 2.63. The number of likely N-dealkylation sites (tertiary alicyclic amines) is 1. The number of rotatable bonds is 2. The summed E-state index contributed by atoms with van der Waals surface area (Å²) in [4.78, 5) is 6.54. The molecule has 1 aromatic rings. The van der Waals surface area contributed by atoms with Crippen molar-refractivity contribution in [2.45, 2.75) is 51.7 Å². The van der Waals surface area contributed by atoms with Gasteiger partial charge in [-0.1, -0.05) is 6.42 Å². The molecule has 1 aliphatic heterocycles. The van der Waals surface area contributed by atoms with Gasteiger partial charge in [0.05, 0.1) is 0 Å². The summed E-state index contributed by atoms with van der Waals surface area (Å²) >= 11 is 0. The molecule has 0 saturated carbocycles. The summed E-state index contributed by atoms with van der Waals surface area (Å²) in [5, 5.41) is 8.85. The Morgan fingerprint density at radius 3 is 2.76 bits per heavy atom. The van der Waals surface area contributed by atoms with E-state index in [1.165, 1.54) is 24.8 Å². The first-order valence-electron chi connectivity index (χ1n) is 6.31. The van der Waals surface area contributed by atoms with E-state index >= 15 is 0 Å². The quantitative estimate of drug-likeness (QED) is 0.782. The van der Waals surface area contributed by atoms with Crippen LogP contribution in [-0.2, 0) is 6.54 Å². The molecule has 2 atom stereocenters. The predicted molar refractivity (Wildman–Crippen MR) is 67.3 cm³/mol. The van der Waals surface area contributed by atoms with Crippen LogP contribution in [0.4, 0.5) is 0 Å². The fourth-order valence-electron chi connectivity index (χ4n) is 2.63. The highest BCUT2D eigenvalue weighted by Crippen LogP contribution is 2.24. The molecule has 0 aliphatic carbocycles. The standard InChI is InChI=1S/C14H19N3/c1-11-4-3-5-12(2)17(11)10-13-6-7-16-14(8-13)9-15/h6-8,11-12H,3-5,10H2,1-2H3. The Balaban J connectivity index is 2.11. The minimum Gasteiger partial charge on any atom is -0.294 e. The highest BCUT2D eigenvalue weighted by atomic mass is 15.2. The second-order valence-electron chi connectivity index (χ2n) is 4.96. The molecule has 0 bridgehead atoms. The average molecular weight is 229 g/mol. The topological polar surface area (TPSA) is 39.9 Å². The van der Waals surface area contributed by atoms with Gasteiger partial charge in [0.25, 0.3) is 0 Å². The first-order valence-corrected chi connectivity index (χ1v) is 6.31. The molecule has 3 heteroatoms. The normalized spacial score (nSPS) is 25.5. The number of piperidine rings is 1. The van der Waals surface area contributed by atoms with Crippen molar-refractivity contribution in [2.24, 2.45) is 0 Å². The zero-order valence-electron chi connectivity index (χ0n) is 10.6. The zero-order chi connectivity index (χ0) is 12.3. The summed E-state index contributed by atoms with van der Waals surface area (Å²) < 4.78 is 0. The minimum absolute atomic E-state index is 0.514. The number of aromatic nitrogens is 1. The molecule has 1 fully saturated rings. The van der Waals surface area contributed by atoms with Gasteiger partial charge in [-0.3, -0.25) is 4.90 Å². The van der Waals surface area contributed by atoms with Crippen molar-refractivity contribution in [1.82, 2.24) is 9.88 Å². The number of nitrogens with zero attached hydrogens (tertiary/aromatic N) is 3. The van der Waals surface area contributed by atoms with Gasteiger partial charge in [0.15, 0.2) is 0 Å². The van der Waals surface area contributed by atoms with E-state index in [2.05, 4.69) is 29.8 Å². The summed E-state index contributed by atoms with van der Waals surface area (Å²) in [6.45, 7) is 5.52. The Morgan fingerprint density at radius 1 is 1.41 bits per heavy atom. The smallest absolute Gasteiger partial charge is 0.140 e. The van der Waals surface area contributed by atoms with E-state index in [0.29, 0.717) is 17.8 Å². The van der Waals surface area contributed by atoms with Gasteiger partial charge in [0.2, 0.25) is 0 Å². The summed E-state index contributed by atoms with van der Waals surface area (Å²) in [5.41, 5.74) is 1.71. The van der Waals surface area contributed by atoms with Crippen LogP contribution >= 0.6 is 0 Å². The van der Waals surface area contributed by atoms with Crippen molar-refractivity contribution in [3.05, 3.63) is 29.6 Å². The van der Waals surface area contributed by atoms with Gasteiger partial charge < -0.3 is 0 Å². The second-order valence-corrected chi connectivity index (χ2v) is 4.96. The summed E-state index contributed by atoms with van der Waals surface area (Å²) in [7, 11) is 0. The summed E-state index contributed by atoms with van der Waals surface area (Å²) in [6, 6.07) is 7.28. The second kappa shape index (κ2) is 5.29. The van der Waals surface area contributed by atoms with Crippen LogP contribution in [0.2, 0.25) is 0 Å². The molecule has 0 spiro atoms. The van der Waals surface area contributed by atoms with E-state index in [1.54, 1.807) is 6.20 Å². The maximum absolute atomic E-state index is 8.85. The highest BCUT2D eigenvalue weighted by Gasteiger charge is 2.24. The first kappa shape index (κ1) is 12.1. The third-order valence-corrected chi connectivity index (χ3v) is 3.68.